The number of anilines is 1. The van der Waals surface area contributed by atoms with E-state index in [1.807, 2.05) is 63.2 Å². The van der Waals surface area contributed by atoms with Gasteiger partial charge in [0.2, 0.25) is 10.0 Å². The number of sulfonamides is 1. The number of nitrogens with zero attached hydrogens (tertiary/aromatic N) is 1. The summed E-state index contributed by atoms with van der Waals surface area (Å²) in [6.07, 6.45) is 0.365. The molecule has 0 spiro atoms. The second-order valence-electron chi connectivity index (χ2n) is 6.81. The minimum absolute atomic E-state index is 0.0192. The lowest BCUT2D eigenvalue weighted by molar-refractivity contribution is 0.180. The lowest BCUT2D eigenvalue weighted by Crippen LogP contribution is -2.41. The average Bonchev–Trinajstić information content (AvgIpc) is 2.53. The fourth-order valence-corrected chi connectivity index (χ4v) is 4.26. The van der Waals surface area contributed by atoms with Gasteiger partial charge in [0.1, 0.15) is 0 Å². The Morgan fingerprint density at radius 3 is 2.19 bits per heavy atom. The molecule has 0 fully saturated rings. The zero-order valence-corrected chi connectivity index (χ0v) is 16.7. The molecular weight excluding hydrogens is 348 g/mol. The van der Waals surface area contributed by atoms with Crippen LogP contribution in [0.15, 0.2) is 42.5 Å². The van der Waals surface area contributed by atoms with Crippen molar-refractivity contribution in [3.8, 4) is 0 Å². The molecule has 5 nitrogen and oxygen atoms in total. The maximum absolute atomic E-state index is 12.3. The first-order valence-corrected chi connectivity index (χ1v) is 10.5. The largest absolute Gasteiger partial charge is 0.390 e. The molecule has 26 heavy (non-hydrogen) atoms. The van der Waals surface area contributed by atoms with Crippen molar-refractivity contribution in [2.24, 2.45) is 0 Å². The predicted octanol–water partition coefficient (Wildman–Crippen LogP) is 2.53. The van der Waals surface area contributed by atoms with Gasteiger partial charge in [-0.3, -0.25) is 4.31 Å². The number of hydrogen-bond donors (Lipinski definition) is 2. The maximum Gasteiger partial charge on any atom is 0.232 e. The van der Waals surface area contributed by atoms with Crippen LogP contribution in [-0.2, 0) is 16.6 Å². The van der Waals surface area contributed by atoms with Gasteiger partial charge in [-0.2, -0.15) is 0 Å². The van der Waals surface area contributed by atoms with Crippen molar-refractivity contribution in [2.45, 2.75) is 33.4 Å². The van der Waals surface area contributed by atoms with Crippen molar-refractivity contribution >= 4 is 15.7 Å². The molecule has 2 N–H and O–H groups in total. The van der Waals surface area contributed by atoms with Gasteiger partial charge in [-0.1, -0.05) is 48.0 Å². The van der Waals surface area contributed by atoms with Gasteiger partial charge in [0.05, 0.1) is 24.6 Å². The van der Waals surface area contributed by atoms with Crippen LogP contribution >= 0.6 is 0 Å². The fraction of sp³-hybridized carbons (Fsp3) is 0.400. The molecule has 1 atom stereocenters. The van der Waals surface area contributed by atoms with E-state index in [2.05, 4.69) is 5.32 Å². The van der Waals surface area contributed by atoms with E-state index >= 15 is 0 Å². The summed E-state index contributed by atoms with van der Waals surface area (Å²) in [7, 11) is -3.50. The monoisotopic (exact) mass is 376 g/mol. The summed E-state index contributed by atoms with van der Waals surface area (Å²) in [5.74, 6) is 0. The molecule has 0 unspecified atom stereocenters. The van der Waals surface area contributed by atoms with Gasteiger partial charge in [-0.05, 0) is 37.5 Å². The van der Waals surface area contributed by atoms with Crippen molar-refractivity contribution in [1.29, 1.82) is 0 Å². The number of aryl methyl sites for hydroxylation is 3. The van der Waals surface area contributed by atoms with Crippen molar-refractivity contribution in [2.75, 3.05) is 23.7 Å². The molecule has 6 heteroatoms. The van der Waals surface area contributed by atoms with Gasteiger partial charge in [-0.25, -0.2) is 8.42 Å². The van der Waals surface area contributed by atoms with Crippen LogP contribution in [0.4, 0.5) is 5.69 Å². The number of rotatable bonds is 8. The third-order valence-corrected chi connectivity index (χ3v) is 5.35. The molecule has 0 aliphatic rings. The Morgan fingerprint density at radius 1 is 1.08 bits per heavy atom. The SMILES string of the molecule is Cc1cc(C)c(N(C[C@@H](O)CNCc2ccccc2)S(C)(=O)=O)c(C)c1. The quantitative estimate of drug-likeness (QED) is 0.743. The van der Waals surface area contributed by atoms with Crippen LogP contribution in [0.25, 0.3) is 0 Å². The molecule has 2 aromatic carbocycles. The van der Waals surface area contributed by atoms with Crippen LogP contribution in [0.1, 0.15) is 22.3 Å². The summed E-state index contributed by atoms with van der Waals surface area (Å²) in [5.41, 5.74) is 4.63. The average molecular weight is 377 g/mol. The Labute approximate surface area is 156 Å². The highest BCUT2D eigenvalue weighted by molar-refractivity contribution is 7.92. The molecular formula is C20H28N2O3S. The zero-order valence-electron chi connectivity index (χ0n) is 15.9. The molecule has 0 aliphatic carbocycles. The molecule has 0 aliphatic heterocycles. The summed E-state index contributed by atoms with van der Waals surface area (Å²) < 4.78 is 26.0. The van der Waals surface area contributed by atoms with E-state index in [1.165, 1.54) is 10.6 Å². The van der Waals surface area contributed by atoms with E-state index in [-0.39, 0.29) is 6.54 Å². The summed E-state index contributed by atoms with van der Waals surface area (Å²) in [4.78, 5) is 0. The van der Waals surface area contributed by atoms with E-state index in [1.54, 1.807) is 0 Å². The first-order valence-electron chi connectivity index (χ1n) is 8.66. The lowest BCUT2D eigenvalue weighted by atomic mass is 10.0. The van der Waals surface area contributed by atoms with Crippen LogP contribution in [0, 0.1) is 20.8 Å². The van der Waals surface area contributed by atoms with E-state index in [9.17, 15) is 13.5 Å². The molecule has 0 heterocycles. The van der Waals surface area contributed by atoms with Crippen LogP contribution in [0.3, 0.4) is 0 Å². The first kappa shape index (κ1) is 20.4. The highest BCUT2D eigenvalue weighted by atomic mass is 32.2. The van der Waals surface area contributed by atoms with Crippen molar-refractivity contribution in [1.82, 2.24) is 5.32 Å². The summed E-state index contributed by atoms with van der Waals surface area (Å²) in [5, 5.41) is 13.6. The second-order valence-corrected chi connectivity index (χ2v) is 8.72. The standard InChI is InChI=1S/C20H28N2O3S/c1-15-10-16(2)20(17(3)11-15)22(26(4,24)25)14-19(23)13-21-12-18-8-6-5-7-9-18/h5-11,19,21,23H,12-14H2,1-4H3/t19-/m0/s1. The second kappa shape index (κ2) is 8.66. The topological polar surface area (TPSA) is 69.6 Å². The Morgan fingerprint density at radius 2 is 1.65 bits per heavy atom. The Hall–Kier alpha value is -1.89. The summed E-state index contributed by atoms with van der Waals surface area (Å²) in [6.45, 7) is 6.73. The van der Waals surface area contributed by atoms with E-state index in [0.717, 1.165) is 22.3 Å². The number of aliphatic hydroxyl groups is 1. The fourth-order valence-electron chi connectivity index (χ4n) is 3.19. The van der Waals surface area contributed by atoms with E-state index in [4.69, 9.17) is 0 Å². The zero-order chi connectivity index (χ0) is 19.3. The summed E-state index contributed by atoms with van der Waals surface area (Å²) >= 11 is 0. The molecule has 0 aromatic heterocycles. The number of nitrogens with one attached hydrogen (secondary N) is 1. The van der Waals surface area contributed by atoms with Crippen molar-refractivity contribution in [3.05, 3.63) is 64.7 Å². The normalized spacial score (nSPS) is 12.8. The number of benzene rings is 2. The third-order valence-electron chi connectivity index (χ3n) is 4.21. The third kappa shape index (κ3) is 5.56. The Balaban J connectivity index is 2.09. The molecule has 0 bridgehead atoms. The van der Waals surface area contributed by atoms with Crippen LogP contribution < -0.4 is 9.62 Å². The van der Waals surface area contributed by atoms with E-state index < -0.39 is 16.1 Å². The number of aliphatic hydroxyl groups excluding tert-OH is 1. The van der Waals surface area contributed by atoms with Gasteiger partial charge in [0.15, 0.2) is 0 Å². The Kier molecular flexibility index (Phi) is 6.81. The van der Waals surface area contributed by atoms with Crippen LogP contribution in [0.2, 0.25) is 0 Å². The van der Waals surface area contributed by atoms with Gasteiger partial charge in [0.25, 0.3) is 0 Å². The Bertz CT molecular complexity index is 812. The van der Waals surface area contributed by atoms with E-state index in [0.29, 0.717) is 18.8 Å². The smallest absolute Gasteiger partial charge is 0.232 e. The highest BCUT2D eigenvalue weighted by Gasteiger charge is 2.24. The molecule has 0 amide bonds. The minimum atomic E-state index is -3.50. The molecule has 2 rings (SSSR count). The molecule has 0 saturated carbocycles. The molecule has 0 saturated heterocycles. The molecule has 0 radical (unpaired) electrons. The van der Waals surface area contributed by atoms with Gasteiger partial charge < -0.3 is 10.4 Å². The highest BCUT2D eigenvalue weighted by Crippen LogP contribution is 2.28. The minimum Gasteiger partial charge on any atom is -0.390 e. The molecule has 142 valence electrons. The van der Waals surface area contributed by atoms with Crippen LogP contribution in [0.5, 0.6) is 0 Å². The van der Waals surface area contributed by atoms with Crippen molar-refractivity contribution in [3.63, 3.8) is 0 Å². The first-order chi connectivity index (χ1) is 12.2. The summed E-state index contributed by atoms with van der Waals surface area (Å²) in [6, 6.07) is 13.8. The van der Waals surface area contributed by atoms with Crippen molar-refractivity contribution < 1.29 is 13.5 Å². The number of hydrogen-bond acceptors (Lipinski definition) is 4. The van der Waals surface area contributed by atoms with Gasteiger partial charge in [-0.15, -0.1) is 0 Å². The van der Waals surface area contributed by atoms with Crippen LogP contribution in [-0.4, -0.2) is 39.0 Å². The predicted molar refractivity (Wildman–Crippen MR) is 107 cm³/mol. The molecule has 2 aromatic rings. The lowest BCUT2D eigenvalue weighted by Gasteiger charge is -2.28. The van der Waals surface area contributed by atoms with Gasteiger partial charge in [0, 0.05) is 13.1 Å². The van der Waals surface area contributed by atoms with Gasteiger partial charge >= 0.3 is 0 Å². The maximum atomic E-state index is 12.3.